The van der Waals surface area contributed by atoms with Crippen molar-refractivity contribution >= 4 is 23.0 Å². The van der Waals surface area contributed by atoms with Crippen molar-refractivity contribution in [2.45, 2.75) is 19.3 Å². The monoisotopic (exact) mass is 332 g/mol. The highest BCUT2D eigenvalue weighted by Gasteiger charge is 2.36. The summed E-state index contributed by atoms with van der Waals surface area (Å²) < 4.78 is 5.87. The van der Waals surface area contributed by atoms with Crippen LogP contribution in [0.25, 0.3) is 22.9 Å². The third-order valence-corrected chi connectivity index (χ3v) is 5.21. The highest BCUT2D eigenvalue weighted by molar-refractivity contribution is 7.11. The molecule has 0 N–H and O–H groups in total. The first kappa shape index (κ1) is 14.9. The summed E-state index contributed by atoms with van der Waals surface area (Å²) >= 11 is 1.48. The number of hydrogen-bond donors (Lipinski definition) is 0. The zero-order valence-electron chi connectivity index (χ0n) is 13.3. The molecule has 118 valence electrons. The van der Waals surface area contributed by atoms with E-state index < -0.39 is 0 Å². The lowest BCUT2D eigenvalue weighted by Crippen LogP contribution is -1.82. The number of rotatable bonds is 4. The third kappa shape index (κ3) is 2.91. The fourth-order valence-corrected chi connectivity index (χ4v) is 3.58. The quantitative estimate of drug-likeness (QED) is 0.585. The van der Waals surface area contributed by atoms with Crippen LogP contribution < -0.4 is 0 Å². The summed E-state index contributed by atoms with van der Waals surface area (Å²) in [6.45, 7) is 2.23. The second-order valence-electron chi connectivity index (χ2n) is 6.13. The number of furan rings is 1. The molecule has 0 unspecified atom stereocenters. The lowest BCUT2D eigenvalue weighted by atomic mass is 10.2. The number of allylic oxidation sites excluding steroid dienone is 1. The highest BCUT2D eigenvalue weighted by atomic mass is 32.1. The molecule has 4 rings (SSSR count). The predicted octanol–water partition coefficient (Wildman–Crippen LogP) is 5.59. The normalized spacial score (nSPS) is 19.9. The highest BCUT2D eigenvalue weighted by Crippen LogP contribution is 2.47. The molecule has 0 saturated heterocycles. The van der Waals surface area contributed by atoms with Gasteiger partial charge in [-0.1, -0.05) is 37.3 Å². The smallest absolute Gasteiger partial charge is 0.134 e. The molecule has 1 aliphatic carbocycles. The molecule has 2 aromatic heterocycles. The number of nitriles is 1. The van der Waals surface area contributed by atoms with E-state index in [1.54, 1.807) is 6.08 Å². The Bertz CT molecular complexity index is 930. The van der Waals surface area contributed by atoms with Gasteiger partial charge >= 0.3 is 0 Å². The van der Waals surface area contributed by atoms with Crippen LogP contribution in [-0.2, 0) is 0 Å². The zero-order valence-corrected chi connectivity index (χ0v) is 14.1. The summed E-state index contributed by atoms with van der Waals surface area (Å²) in [7, 11) is 0. The maximum atomic E-state index is 9.50. The average molecular weight is 332 g/mol. The van der Waals surface area contributed by atoms with Crippen molar-refractivity contribution in [3.05, 3.63) is 64.4 Å². The molecule has 1 aliphatic rings. The maximum Gasteiger partial charge on any atom is 0.134 e. The molecule has 2 heterocycles. The first-order chi connectivity index (χ1) is 11.7. The van der Waals surface area contributed by atoms with E-state index in [2.05, 4.69) is 18.0 Å². The summed E-state index contributed by atoms with van der Waals surface area (Å²) in [4.78, 5) is 4.60. The van der Waals surface area contributed by atoms with Crippen LogP contribution in [0.4, 0.5) is 0 Å². The van der Waals surface area contributed by atoms with Gasteiger partial charge in [-0.05, 0) is 24.5 Å². The molecule has 0 radical (unpaired) electrons. The summed E-state index contributed by atoms with van der Waals surface area (Å²) in [5, 5.41) is 12.2. The van der Waals surface area contributed by atoms with Gasteiger partial charge < -0.3 is 4.42 Å². The SMILES string of the molecule is C[C@@H]1C[C@@H]1c1ccc(/C=C(\C#N)c2nc(-c3ccccc3)cs2)o1. The van der Waals surface area contributed by atoms with Crippen molar-refractivity contribution in [2.75, 3.05) is 0 Å². The molecule has 0 spiro atoms. The number of aromatic nitrogens is 1. The van der Waals surface area contributed by atoms with Crippen LogP contribution in [0.5, 0.6) is 0 Å². The topological polar surface area (TPSA) is 49.8 Å². The number of hydrogen-bond acceptors (Lipinski definition) is 4. The Morgan fingerprint density at radius 2 is 2.08 bits per heavy atom. The van der Waals surface area contributed by atoms with Gasteiger partial charge in [0.1, 0.15) is 22.6 Å². The number of benzene rings is 1. The Kier molecular flexibility index (Phi) is 3.79. The minimum Gasteiger partial charge on any atom is -0.461 e. The predicted molar refractivity (Wildman–Crippen MR) is 96.3 cm³/mol. The van der Waals surface area contributed by atoms with Crippen LogP contribution in [0.3, 0.4) is 0 Å². The Balaban J connectivity index is 1.61. The first-order valence-corrected chi connectivity index (χ1v) is 8.85. The summed E-state index contributed by atoms with van der Waals surface area (Å²) in [5.74, 6) is 2.99. The molecular weight excluding hydrogens is 316 g/mol. The van der Waals surface area contributed by atoms with Gasteiger partial charge in [-0.15, -0.1) is 11.3 Å². The van der Waals surface area contributed by atoms with E-state index in [0.29, 0.717) is 22.4 Å². The van der Waals surface area contributed by atoms with Crippen molar-refractivity contribution in [1.29, 1.82) is 5.26 Å². The van der Waals surface area contributed by atoms with Crippen LogP contribution in [0, 0.1) is 17.2 Å². The van der Waals surface area contributed by atoms with Gasteiger partial charge in [0.15, 0.2) is 0 Å². The van der Waals surface area contributed by atoms with E-state index in [-0.39, 0.29) is 0 Å². The van der Waals surface area contributed by atoms with Crippen LogP contribution in [0.15, 0.2) is 52.3 Å². The summed E-state index contributed by atoms with van der Waals surface area (Å²) in [5.41, 5.74) is 2.48. The van der Waals surface area contributed by atoms with Crippen LogP contribution in [0.1, 0.15) is 35.8 Å². The molecule has 4 heteroatoms. The maximum absolute atomic E-state index is 9.50. The first-order valence-electron chi connectivity index (χ1n) is 7.97. The van der Waals surface area contributed by atoms with E-state index in [1.807, 2.05) is 47.8 Å². The van der Waals surface area contributed by atoms with Crippen LogP contribution in [-0.4, -0.2) is 4.98 Å². The lowest BCUT2D eigenvalue weighted by molar-refractivity contribution is 0.498. The second-order valence-corrected chi connectivity index (χ2v) is 6.99. The van der Waals surface area contributed by atoms with Crippen molar-refractivity contribution in [2.24, 2.45) is 5.92 Å². The van der Waals surface area contributed by atoms with E-state index >= 15 is 0 Å². The van der Waals surface area contributed by atoms with Crippen molar-refractivity contribution in [1.82, 2.24) is 4.98 Å². The Labute approximate surface area is 144 Å². The molecule has 1 saturated carbocycles. The van der Waals surface area contributed by atoms with Gasteiger partial charge in [0, 0.05) is 22.9 Å². The fourth-order valence-electron chi connectivity index (χ4n) is 2.79. The van der Waals surface area contributed by atoms with Crippen molar-refractivity contribution < 1.29 is 4.42 Å². The molecule has 0 bridgehead atoms. The van der Waals surface area contributed by atoms with Crippen molar-refractivity contribution in [3.63, 3.8) is 0 Å². The summed E-state index contributed by atoms with van der Waals surface area (Å²) in [6, 6.07) is 16.2. The van der Waals surface area contributed by atoms with Crippen molar-refractivity contribution in [3.8, 4) is 17.3 Å². The van der Waals surface area contributed by atoms with E-state index in [0.717, 1.165) is 22.8 Å². The summed E-state index contributed by atoms with van der Waals surface area (Å²) in [6.07, 6.45) is 2.97. The molecular formula is C20H16N2OS. The zero-order chi connectivity index (χ0) is 16.5. The molecule has 2 atom stereocenters. The number of thiazole rings is 1. The van der Waals surface area contributed by atoms with E-state index in [9.17, 15) is 5.26 Å². The van der Waals surface area contributed by atoms with Gasteiger partial charge in [0.2, 0.25) is 0 Å². The molecule has 0 amide bonds. The average Bonchev–Trinajstić information content (AvgIpc) is 3.04. The fraction of sp³-hybridized carbons (Fsp3) is 0.200. The third-order valence-electron chi connectivity index (χ3n) is 4.33. The second kappa shape index (κ2) is 6.10. The standard InChI is InChI=1S/C20H16N2OS/c1-13-9-17(13)19-8-7-16(23-19)10-15(11-21)20-22-18(12-24-20)14-5-3-2-4-6-14/h2-8,10,12-13,17H,9H2,1H3/b15-10+/t13-,17+/m1/s1. The van der Waals surface area contributed by atoms with Crippen LogP contribution >= 0.6 is 11.3 Å². The lowest BCUT2D eigenvalue weighted by Gasteiger charge is -1.95. The minimum absolute atomic E-state index is 0.534. The van der Waals surface area contributed by atoms with Crippen LogP contribution in [0.2, 0.25) is 0 Å². The van der Waals surface area contributed by atoms with Gasteiger partial charge in [-0.25, -0.2) is 4.98 Å². The van der Waals surface area contributed by atoms with Gasteiger partial charge in [0.05, 0.1) is 11.3 Å². The molecule has 3 nitrogen and oxygen atoms in total. The molecule has 0 aliphatic heterocycles. The Hall–Kier alpha value is -2.64. The molecule has 3 aromatic rings. The number of nitrogens with zero attached hydrogens (tertiary/aromatic N) is 2. The van der Waals surface area contributed by atoms with Gasteiger partial charge in [0.25, 0.3) is 0 Å². The van der Waals surface area contributed by atoms with Gasteiger partial charge in [-0.3, -0.25) is 0 Å². The Morgan fingerprint density at radius 3 is 2.79 bits per heavy atom. The molecule has 24 heavy (non-hydrogen) atoms. The minimum atomic E-state index is 0.534. The molecule has 1 fully saturated rings. The largest absolute Gasteiger partial charge is 0.461 e. The van der Waals surface area contributed by atoms with E-state index in [4.69, 9.17) is 4.42 Å². The molecule has 1 aromatic carbocycles. The Morgan fingerprint density at radius 1 is 1.29 bits per heavy atom. The van der Waals surface area contributed by atoms with E-state index in [1.165, 1.54) is 17.8 Å². The van der Waals surface area contributed by atoms with Gasteiger partial charge in [-0.2, -0.15) is 5.26 Å².